The van der Waals surface area contributed by atoms with E-state index in [1.54, 1.807) is 52.1 Å². The second kappa shape index (κ2) is 24.4. The number of carbonyl (C=O) groups excluding carboxylic acids is 4. The number of aromatic nitrogens is 4. The SMILES string of the molecule is C.C.COC(=O)c1ccc(Nc2nn(C3CCCC[C@@H]3C#N)cc2C(N)=O)cc1Br.COC(=O)c1ccc(O[B]O)cc1Br.N#C[C@H]1CCCC[C@@H]1n1cc(C(N)=O)c(N)n1.[2HH]. The van der Waals surface area contributed by atoms with E-state index < -0.39 is 23.8 Å². The summed E-state index contributed by atoms with van der Waals surface area (Å²) in [5.41, 5.74) is 18.2. The summed E-state index contributed by atoms with van der Waals surface area (Å²) in [6.45, 7) is 0. The van der Waals surface area contributed by atoms with Gasteiger partial charge in [-0.1, -0.05) is 40.5 Å². The van der Waals surface area contributed by atoms with Crippen molar-refractivity contribution >= 4 is 80.6 Å². The highest BCUT2D eigenvalue weighted by molar-refractivity contribution is 9.10. The van der Waals surface area contributed by atoms with Gasteiger partial charge in [-0.3, -0.25) is 19.0 Å². The van der Waals surface area contributed by atoms with Crippen molar-refractivity contribution < 1.29 is 39.8 Å². The molecule has 61 heavy (non-hydrogen) atoms. The van der Waals surface area contributed by atoms with Crippen LogP contribution in [0.3, 0.4) is 0 Å². The number of nitrogen functional groups attached to an aromatic ring is 1. The van der Waals surface area contributed by atoms with Crippen LogP contribution in [0.1, 0.15) is 121 Å². The molecule has 2 aliphatic rings. The second-order valence-corrected chi connectivity index (χ2v) is 15.1. The van der Waals surface area contributed by atoms with Crippen molar-refractivity contribution in [3.8, 4) is 17.9 Å². The molecule has 2 amide bonds. The third kappa shape index (κ3) is 13.3. The van der Waals surface area contributed by atoms with Gasteiger partial charge < -0.3 is 41.7 Å². The molecule has 0 saturated heterocycles. The number of primary amides is 2. The van der Waals surface area contributed by atoms with E-state index in [4.69, 9.17) is 36.9 Å². The molecule has 2 heterocycles. The van der Waals surface area contributed by atoms with E-state index in [0.29, 0.717) is 45.0 Å². The van der Waals surface area contributed by atoms with Crippen molar-refractivity contribution in [1.82, 2.24) is 19.6 Å². The molecule has 21 heteroatoms. The Morgan fingerprint density at radius 2 is 1.26 bits per heavy atom. The van der Waals surface area contributed by atoms with Crippen molar-refractivity contribution in [2.75, 3.05) is 25.3 Å². The maximum atomic E-state index is 11.9. The van der Waals surface area contributed by atoms with E-state index in [-0.39, 0.29) is 57.1 Å². The van der Waals surface area contributed by atoms with Crippen molar-refractivity contribution in [3.63, 3.8) is 0 Å². The average Bonchev–Trinajstić information content (AvgIpc) is 3.84. The van der Waals surface area contributed by atoms with Gasteiger partial charge in [0.25, 0.3) is 11.8 Å². The summed E-state index contributed by atoms with van der Waals surface area (Å²) in [5, 5.41) is 38.6. The van der Waals surface area contributed by atoms with Crippen LogP contribution in [0.5, 0.6) is 5.75 Å². The van der Waals surface area contributed by atoms with E-state index >= 15 is 0 Å². The van der Waals surface area contributed by atoms with Gasteiger partial charge in [-0.2, -0.15) is 20.7 Å². The fourth-order valence-electron chi connectivity index (χ4n) is 6.67. The number of carbonyl (C=O) groups is 4. The molecule has 1 radical (unpaired) electrons. The minimum Gasteiger partial charge on any atom is -0.537 e. The van der Waals surface area contributed by atoms with Crippen molar-refractivity contribution in [1.29, 1.82) is 10.5 Å². The summed E-state index contributed by atoms with van der Waals surface area (Å²) < 4.78 is 18.4. The number of hydrogen-bond donors (Lipinski definition) is 5. The first-order valence-corrected chi connectivity index (χ1v) is 19.8. The minimum absolute atomic E-state index is 0. The number of halogens is 2. The van der Waals surface area contributed by atoms with Gasteiger partial charge in [0, 0.05) is 28.5 Å². The van der Waals surface area contributed by atoms with Crippen LogP contribution in [0.2, 0.25) is 0 Å². The zero-order chi connectivity index (χ0) is 43.2. The molecule has 4 aromatic rings. The molecule has 8 N–H and O–H groups in total. The van der Waals surface area contributed by atoms with E-state index in [1.165, 1.54) is 20.3 Å². The smallest absolute Gasteiger partial charge is 0.537 e. The molecule has 1 unspecified atom stereocenters. The van der Waals surface area contributed by atoms with Gasteiger partial charge in [0.05, 0.1) is 61.4 Å². The van der Waals surface area contributed by atoms with Crippen LogP contribution in [0.4, 0.5) is 17.3 Å². The maximum Gasteiger partial charge on any atom is 0.569 e. The van der Waals surface area contributed by atoms with E-state index in [1.807, 2.05) is 0 Å². The van der Waals surface area contributed by atoms with Crippen LogP contribution in [0.25, 0.3) is 0 Å². The quantitative estimate of drug-likeness (QED) is 0.0790. The number of rotatable bonds is 10. The zero-order valence-corrected chi connectivity index (χ0v) is 35.3. The van der Waals surface area contributed by atoms with Gasteiger partial charge >= 0.3 is 19.6 Å². The predicted molar refractivity (Wildman–Crippen MR) is 238 cm³/mol. The third-order valence-electron chi connectivity index (χ3n) is 9.67. The molecule has 4 atom stereocenters. The molecule has 0 spiro atoms. The normalized spacial score (nSPS) is 17.6. The molecule has 6 rings (SSSR count). The van der Waals surface area contributed by atoms with Crippen LogP contribution in [-0.4, -0.2) is 70.2 Å². The number of amides is 2. The molecule has 18 nitrogen and oxygen atoms in total. The first kappa shape index (κ1) is 51.2. The summed E-state index contributed by atoms with van der Waals surface area (Å²) in [6, 6.07) is 14.2. The average molecular weight is 973 g/mol. The van der Waals surface area contributed by atoms with Crippen LogP contribution in [-0.2, 0) is 9.47 Å². The Morgan fingerprint density at radius 3 is 1.70 bits per heavy atom. The Hall–Kier alpha value is -5.90. The number of nitrogens with two attached hydrogens (primary N) is 3. The van der Waals surface area contributed by atoms with Crippen molar-refractivity contribution in [2.24, 2.45) is 23.3 Å². The molecule has 2 aromatic carbocycles. The van der Waals surface area contributed by atoms with Crippen LogP contribution >= 0.6 is 31.9 Å². The Morgan fingerprint density at radius 1 is 0.787 bits per heavy atom. The summed E-state index contributed by atoms with van der Waals surface area (Å²) in [6.07, 6.45) is 10.7. The lowest BCUT2D eigenvalue weighted by Crippen LogP contribution is -2.22. The van der Waals surface area contributed by atoms with Crippen LogP contribution in [0, 0.1) is 34.5 Å². The number of ether oxygens (including phenoxy) is 2. The molecular weight excluding hydrogens is 919 g/mol. The third-order valence-corrected chi connectivity index (χ3v) is 11.0. The first-order chi connectivity index (χ1) is 28.3. The van der Waals surface area contributed by atoms with Crippen molar-refractivity contribution in [2.45, 2.75) is 78.3 Å². The van der Waals surface area contributed by atoms with Gasteiger partial charge in [0.15, 0.2) is 11.6 Å². The maximum absolute atomic E-state index is 11.9. The van der Waals surface area contributed by atoms with Gasteiger partial charge in [0.1, 0.15) is 16.9 Å². The Kier molecular flexibility index (Phi) is 20.5. The van der Waals surface area contributed by atoms with Gasteiger partial charge in [-0.25, -0.2) is 9.59 Å². The second-order valence-electron chi connectivity index (χ2n) is 13.4. The summed E-state index contributed by atoms with van der Waals surface area (Å²) in [4.78, 5) is 45.9. The standard InChI is InChI=1S/C19H20BrN5O3.C11H15N5O.C8H7BBrO4.2CH4.H2/c1-28-19(27)13-7-6-12(8-15(13)20)23-18-14(17(22)26)10-25(24-18)16-5-3-2-4-11(16)9-21;12-5-7-3-1-2-4-9(7)16-6-8(11(14)17)10(13)15-16;1-13-8(11)6-3-2-5(14-9-12)4-7(6)10;;;/h6-8,10-11,16H,2-5H2,1H3,(H2,22,26)(H,23,24);6-7,9H,1-4H2,(H2,13,15)(H2,14,17);2-4,12H,1H3;2*1H4;1H/t11-,16?;7-,9+;;;;/m11..../s1/i;;;;;1+1. The zero-order valence-electron chi connectivity index (χ0n) is 32.1. The topological polar surface area (TPSA) is 290 Å². The van der Waals surface area contributed by atoms with Gasteiger partial charge in [-0.05, 0) is 93.9 Å². The number of methoxy groups -OCH3 is 2. The molecule has 0 bridgehead atoms. The highest BCUT2D eigenvalue weighted by atomic mass is 79.9. The fourth-order valence-corrected chi connectivity index (χ4v) is 7.73. The molecule has 2 aromatic heterocycles. The highest BCUT2D eigenvalue weighted by Gasteiger charge is 2.30. The number of nitrogens with one attached hydrogen (secondary N) is 1. The summed E-state index contributed by atoms with van der Waals surface area (Å²) in [5.74, 6) is -1.42. The highest BCUT2D eigenvalue weighted by Crippen LogP contribution is 2.36. The van der Waals surface area contributed by atoms with Gasteiger partial charge in [0.2, 0.25) is 0 Å². The van der Waals surface area contributed by atoms with E-state index in [2.05, 4.69) is 64.2 Å². The first-order valence-electron chi connectivity index (χ1n) is 18.2. The van der Waals surface area contributed by atoms with E-state index in [9.17, 15) is 24.4 Å². The summed E-state index contributed by atoms with van der Waals surface area (Å²) in [7, 11) is 3.19. The largest absolute Gasteiger partial charge is 0.569 e. The number of anilines is 3. The van der Waals surface area contributed by atoms with Gasteiger partial charge in [-0.15, -0.1) is 0 Å². The molecule has 2 fully saturated rings. The lowest BCUT2D eigenvalue weighted by molar-refractivity contribution is 0.0591. The number of esters is 2. The Bertz CT molecular complexity index is 2250. The molecular formula is C40H52BBr2N10O8. The lowest BCUT2D eigenvalue weighted by atomic mass is 9.85. The van der Waals surface area contributed by atoms with Crippen LogP contribution in [0.15, 0.2) is 57.7 Å². The Labute approximate surface area is 373 Å². The number of benzene rings is 2. The van der Waals surface area contributed by atoms with E-state index in [0.717, 1.165) is 51.4 Å². The van der Waals surface area contributed by atoms with Crippen molar-refractivity contribution in [3.05, 3.63) is 80.0 Å². The lowest BCUT2D eigenvalue weighted by Gasteiger charge is -2.26. The molecule has 0 aliphatic heterocycles. The molecule has 2 saturated carbocycles. The summed E-state index contributed by atoms with van der Waals surface area (Å²) >= 11 is 6.52. The number of nitrogens with zero attached hydrogens (tertiary/aromatic N) is 6. The predicted octanol–water partition coefficient (Wildman–Crippen LogP) is 7.01. The molecule has 327 valence electrons. The molecule has 2 aliphatic carbocycles. The monoisotopic (exact) mass is 970 g/mol. The van der Waals surface area contributed by atoms with Crippen LogP contribution < -0.4 is 27.2 Å². The number of nitriles is 2. The fraction of sp³-hybridized carbons (Fsp3) is 0.400. The minimum atomic E-state index is -0.608. The number of hydrogen-bond acceptors (Lipinski definition) is 14. The Balaban J connectivity index is 0.000000488.